The van der Waals surface area contributed by atoms with Gasteiger partial charge in [-0.3, -0.25) is 19.5 Å². The zero-order valence-corrected chi connectivity index (χ0v) is 20.3. The average molecular weight is 479 g/mol. The third-order valence-corrected chi connectivity index (χ3v) is 6.41. The van der Waals surface area contributed by atoms with Gasteiger partial charge in [-0.2, -0.15) is 5.10 Å². The minimum absolute atomic E-state index is 0.0623. The Morgan fingerprint density at radius 1 is 1.11 bits per heavy atom. The third-order valence-electron chi connectivity index (χ3n) is 6.41. The lowest BCUT2D eigenvalue weighted by Crippen LogP contribution is -2.43. The lowest BCUT2D eigenvalue weighted by molar-refractivity contribution is -0.145. The number of nitrogens with zero attached hydrogens (tertiary/aromatic N) is 3. The van der Waals surface area contributed by atoms with Crippen molar-refractivity contribution in [3.63, 3.8) is 0 Å². The first-order valence-electron chi connectivity index (χ1n) is 12.3. The molecule has 0 aliphatic carbocycles. The minimum Gasteiger partial charge on any atom is -0.465 e. The predicted octanol–water partition coefficient (Wildman–Crippen LogP) is 2.74. The maximum absolute atomic E-state index is 13.2. The van der Waals surface area contributed by atoms with Crippen LogP contribution in [-0.4, -0.2) is 73.9 Å². The molecule has 2 aliphatic rings. The molecule has 2 aromatic rings. The molecule has 4 rings (SSSR count). The number of hydrazone groups is 1. The van der Waals surface area contributed by atoms with E-state index in [0.717, 1.165) is 49.0 Å². The van der Waals surface area contributed by atoms with E-state index in [1.54, 1.807) is 6.21 Å². The number of esters is 1. The molecule has 2 aliphatic heterocycles. The first kappa shape index (κ1) is 25.0. The topological polar surface area (TPSA) is 97.5 Å². The molecule has 2 aromatic carbocycles. The average Bonchev–Trinajstić information content (AvgIpc) is 2.89. The maximum atomic E-state index is 13.2. The second kappa shape index (κ2) is 12.1. The highest BCUT2D eigenvalue weighted by Gasteiger charge is 2.27. The van der Waals surface area contributed by atoms with E-state index in [-0.39, 0.29) is 18.3 Å². The summed E-state index contributed by atoms with van der Waals surface area (Å²) in [5.74, 6) is -0.324. The van der Waals surface area contributed by atoms with E-state index in [2.05, 4.69) is 12.0 Å². The molecule has 1 atom stereocenters. The highest BCUT2D eigenvalue weighted by molar-refractivity contribution is 6.09. The van der Waals surface area contributed by atoms with Crippen molar-refractivity contribution in [2.24, 2.45) is 10.8 Å². The van der Waals surface area contributed by atoms with Gasteiger partial charge in [-0.15, -0.1) is 0 Å². The SMILES string of the molecule is CCCCOC(=O)CN1CCc2ccc(C(=O)c3ccc(C=NN4CCOCC4)cc3)cc2C1N. The normalized spacial score (nSPS) is 18.5. The highest BCUT2D eigenvalue weighted by Crippen LogP contribution is 2.28. The number of hydrogen-bond acceptors (Lipinski definition) is 8. The van der Waals surface area contributed by atoms with Gasteiger partial charge in [0.25, 0.3) is 0 Å². The van der Waals surface area contributed by atoms with Crippen molar-refractivity contribution in [3.8, 4) is 0 Å². The summed E-state index contributed by atoms with van der Waals surface area (Å²) in [6, 6.07) is 13.1. The first-order valence-corrected chi connectivity index (χ1v) is 12.3. The molecule has 35 heavy (non-hydrogen) atoms. The second-order valence-electron chi connectivity index (χ2n) is 8.91. The fourth-order valence-corrected chi connectivity index (χ4v) is 4.26. The largest absolute Gasteiger partial charge is 0.465 e. The van der Waals surface area contributed by atoms with E-state index >= 15 is 0 Å². The molecule has 1 saturated heterocycles. The molecule has 8 nitrogen and oxygen atoms in total. The summed E-state index contributed by atoms with van der Waals surface area (Å²) in [4.78, 5) is 27.3. The molecule has 2 heterocycles. The fourth-order valence-electron chi connectivity index (χ4n) is 4.26. The standard InChI is InChI=1S/C27H34N4O4/c1-2-3-14-35-25(32)19-30-11-10-21-8-9-23(17-24(21)27(30)28)26(33)22-6-4-20(5-7-22)18-29-31-12-15-34-16-13-31/h4-9,17-18,27H,2-3,10-16,19,28H2,1H3. The number of ketones is 1. The molecule has 0 saturated carbocycles. The number of carbonyl (C=O) groups is 2. The summed E-state index contributed by atoms with van der Waals surface area (Å²) in [5, 5.41) is 6.46. The van der Waals surface area contributed by atoms with Crippen LogP contribution in [0.2, 0.25) is 0 Å². The molecule has 0 radical (unpaired) electrons. The van der Waals surface area contributed by atoms with Gasteiger partial charge in [0, 0.05) is 17.7 Å². The predicted molar refractivity (Wildman–Crippen MR) is 134 cm³/mol. The zero-order valence-electron chi connectivity index (χ0n) is 20.3. The minimum atomic E-state index is -0.455. The number of ether oxygens (including phenoxy) is 2. The Bertz CT molecular complexity index is 1050. The Kier molecular flexibility index (Phi) is 8.63. The summed E-state index contributed by atoms with van der Waals surface area (Å²) < 4.78 is 10.6. The van der Waals surface area contributed by atoms with Crippen LogP contribution in [0.5, 0.6) is 0 Å². The lowest BCUT2D eigenvalue weighted by Gasteiger charge is -2.34. The van der Waals surface area contributed by atoms with Crippen molar-refractivity contribution in [3.05, 3.63) is 70.3 Å². The van der Waals surface area contributed by atoms with Crippen LogP contribution < -0.4 is 5.73 Å². The van der Waals surface area contributed by atoms with Crippen LogP contribution in [-0.2, 0) is 20.7 Å². The van der Waals surface area contributed by atoms with E-state index in [1.165, 1.54) is 0 Å². The monoisotopic (exact) mass is 478 g/mol. The van der Waals surface area contributed by atoms with Gasteiger partial charge in [0.05, 0.1) is 51.8 Å². The molecule has 0 spiro atoms. The van der Waals surface area contributed by atoms with Crippen LogP contribution in [0, 0.1) is 0 Å². The molecule has 0 amide bonds. The van der Waals surface area contributed by atoms with E-state index in [0.29, 0.717) is 37.5 Å². The Balaban J connectivity index is 1.41. The van der Waals surface area contributed by atoms with E-state index in [9.17, 15) is 9.59 Å². The Hall–Kier alpha value is -3.07. The third kappa shape index (κ3) is 6.54. The quantitative estimate of drug-likeness (QED) is 0.256. The van der Waals surface area contributed by atoms with Gasteiger partial charge in [0.1, 0.15) is 0 Å². The van der Waals surface area contributed by atoms with Crippen molar-refractivity contribution in [2.45, 2.75) is 32.4 Å². The number of nitrogens with two attached hydrogens (primary N) is 1. The number of morpholine rings is 1. The lowest BCUT2D eigenvalue weighted by atomic mass is 9.92. The Morgan fingerprint density at radius 2 is 1.86 bits per heavy atom. The Morgan fingerprint density at radius 3 is 2.60 bits per heavy atom. The van der Waals surface area contributed by atoms with Gasteiger partial charge < -0.3 is 15.2 Å². The van der Waals surface area contributed by atoms with Crippen molar-refractivity contribution >= 4 is 18.0 Å². The fraction of sp³-hybridized carbons (Fsp3) is 0.444. The summed E-state index contributed by atoms with van der Waals surface area (Å²) in [6.07, 6.45) is 3.96. The number of hydrogen-bond donors (Lipinski definition) is 1. The van der Waals surface area contributed by atoms with Gasteiger partial charge in [-0.1, -0.05) is 49.7 Å². The summed E-state index contributed by atoms with van der Waals surface area (Å²) in [7, 11) is 0. The number of unbranched alkanes of at least 4 members (excludes halogenated alkanes) is 1. The molecule has 0 aromatic heterocycles. The number of benzene rings is 2. The van der Waals surface area contributed by atoms with Gasteiger partial charge in [-0.25, -0.2) is 0 Å². The van der Waals surface area contributed by atoms with Gasteiger partial charge in [0.2, 0.25) is 0 Å². The summed E-state index contributed by atoms with van der Waals surface area (Å²) in [5.41, 5.74) is 10.6. The van der Waals surface area contributed by atoms with Crippen LogP contribution in [0.1, 0.15) is 58.5 Å². The van der Waals surface area contributed by atoms with Gasteiger partial charge >= 0.3 is 5.97 Å². The zero-order chi connectivity index (χ0) is 24.6. The van der Waals surface area contributed by atoms with Gasteiger partial charge in [0.15, 0.2) is 5.78 Å². The van der Waals surface area contributed by atoms with Crippen molar-refractivity contribution in [1.29, 1.82) is 0 Å². The smallest absolute Gasteiger partial charge is 0.320 e. The second-order valence-corrected chi connectivity index (χ2v) is 8.91. The molecular weight excluding hydrogens is 444 g/mol. The van der Waals surface area contributed by atoms with Crippen molar-refractivity contribution in [2.75, 3.05) is 46.0 Å². The molecule has 1 fully saturated rings. The molecule has 8 heteroatoms. The van der Waals surface area contributed by atoms with Gasteiger partial charge in [-0.05, 0) is 35.6 Å². The van der Waals surface area contributed by atoms with E-state index < -0.39 is 6.17 Å². The summed E-state index contributed by atoms with van der Waals surface area (Å²) in [6.45, 7) is 6.26. The summed E-state index contributed by atoms with van der Waals surface area (Å²) >= 11 is 0. The maximum Gasteiger partial charge on any atom is 0.320 e. The van der Waals surface area contributed by atoms with Crippen LogP contribution >= 0.6 is 0 Å². The number of carbonyl (C=O) groups excluding carboxylic acids is 2. The van der Waals surface area contributed by atoms with Crippen LogP contribution in [0.15, 0.2) is 47.6 Å². The number of fused-ring (bicyclic) bond motifs is 1. The molecular formula is C27H34N4O4. The molecule has 1 unspecified atom stereocenters. The van der Waals surface area contributed by atoms with Crippen LogP contribution in [0.3, 0.4) is 0 Å². The van der Waals surface area contributed by atoms with Crippen LogP contribution in [0.25, 0.3) is 0 Å². The molecule has 186 valence electrons. The van der Waals surface area contributed by atoms with Crippen molar-refractivity contribution < 1.29 is 19.1 Å². The van der Waals surface area contributed by atoms with Crippen molar-refractivity contribution in [1.82, 2.24) is 9.91 Å². The number of rotatable bonds is 9. The molecule has 0 bridgehead atoms. The van der Waals surface area contributed by atoms with E-state index in [4.69, 9.17) is 15.2 Å². The molecule has 2 N–H and O–H groups in total. The van der Waals surface area contributed by atoms with Crippen LogP contribution in [0.4, 0.5) is 0 Å². The first-order chi connectivity index (χ1) is 17.0. The highest BCUT2D eigenvalue weighted by atomic mass is 16.5. The Labute approximate surface area is 206 Å². The van der Waals surface area contributed by atoms with E-state index in [1.807, 2.05) is 52.4 Å².